The quantitative estimate of drug-likeness (QED) is 0.893. The van der Waals surface area contributed by atoms with E-state index in [1.807, 2.05) is 0 Å². The van der Waals surface area contributed by atoms with Crippen molar-refractivity contribution in [3.8, 4) is 0 Å². The van der Waals surface area contributed by atoms with Crippen molar-refractivity contribution in [3.63, 3.8) is 0 Å². The van der Waals surface area contributed by atoms with E-state index >= 15 is 0 Å². The Bertz CT molecular complexity index is 435. The molecule has 0 saturated carbocycles. The van der Waals surface area contributed by atoms with Gasteiger partial charge in [0.15, 0.2) is 0 Å². The van der Waals surface area contributed by atoms with Gasteiger partial charge >= 0.3 is 0 Å². The lowest BCUT2D eigenvalue weighted by atomic mass is 9.87. The van der Waals surface area contributed by atoms with Gasteiger partial charge in [-0.15, -0.1) is 0 Å². The van der Waals surface area contributed by atoms with Crippen LogP contribution in [-0.2, 0) is 9.53 Å². The highest BCUT2D eigenvalue weighted by atomic mass is 19.1. The Morgan fingerprint density at radius 3 is 2.74 bits per heavy atom. The average Bonchev–Trinajstić information content (AvgIpc) is 2.40. The number of nitrogens with zero attached hydrogens (tertiary/aromatic N) is 1. The number of piperidine rings is 1. The lowest BCUT2D eigenvalue weighted by Crippen LogP contribution is -2.46. The number of halogens is 1. The maximum absolute atomic E-state index is 12.9. The third-order valence-electron chi connectivity index (χ3n) is 3.50. The van der Waals surface area contributed by atoms with Crippen LogP contribution in [0.25, 0.3) is 0 Å². The first-order valence-electron chi connectivity index (χ1n) is 6.32. The molecule has 1 fully saturated rings. The van der Waals surface area contributed by atoms with Gasteiger partial charge < -0.3 is 14.7 Å². The second-order valence-electron chi connectivity index (χ2n) is 4.79. The zero-order valence-electron chi connectivity index (χ0n) is 10.9. The molecule has 2 atom stereocenters. The molecule has 1 aromatic carbocycles. The standard InChI is InChI=1S/C14H18FNO3/c1-19-9-14(18)16-7-6-12(13(17)8-16)10-2-4-11(15)5-3-10/h2-5,12-13,17H,6-9H2,1H3/t12-,13+/m1/s1. The molecule has 0 aromatic heterocycles. The van der Waals surface area contributed by atoms with Crippen molar-refractivity contribution >= 4 is 5.91 Å². The summed E-state index contributed by atoms with van der Waals surface area (Å²) in [7, 11) is 1.47. The summed E-state index contributed by atoms with van der Waals surface area (Å²) in [5.74, 6) is -0.447. The zero-order valence-corrected chi connectivity index (χ0v) is 10.9. The molecule has 0 aliphatic carbocycles. The Morgan fingerprint density at radius 1 is 1.47 bits per heavy atom. The number of aliphatic hydroxyl groups excluding tert-OH is 1. The third kappa shape index (κ3) is 3.30. The summed E-state index contributed by atoms with van der Waals surface area (Å²) in [5, 5.41) is 10.2. The van der Waals surface area contributed by atoms with Crippen molar-refractivity contribution in [2.24, 2.45) is 0 Å². The van der Waals surface area contributed by atoms with Crippen LogP contribution in [0.4, 0.5) is 4.39 Å². The SMILES string of the molecule is COCC(=O)N1CC[C@H](c2ccc(F)cc2)[C@@H](O)C1. The number of benzene rings is 1. The highest BCUT2D eigenvalue weighted by Gasteiger charge is 2.30. The molecule has 4 nitrogen and oxygen atoms in total. The highest BCUT2D eigenvalue weighted by molar-refractivity contribution is 5.77. The van der Waals surface area contributed by atoms with Gasteiger partial charge in [-0.25, -0.2) is 4.39 Å². The Labute approximate surface area is 111 Å². The van der Waals surface area contributed by atoms with Gasteiger partial charge in [-0.05, 0) is 24.1 Å². The minimum atomic E-state index is -0.625. The Hall–Kier alpha value is -1.46. The number of hydrogen-bond donors (Lipinski definition) is 1. The van der Waals surface area contributed by atoms with E-state index in [4.69, 9.17) is 4.74 Å². The molecule has 1 heterocycles. The molecule has 104 valence electrons. The molecule has 1 aliphatic heterocycles. The maximum atomic E-state index is 12.9. The lowest BCUT2D eigenvalue weighted by Gasteiger charge is -2.36. The first-order valence-corrected chi connectivity index (χ1v) is 6.32. The van der Waals surface area contributed by atoms with Crippen LogP contribution in [0.5, 0.6) is 0 Å². The minimum absolute atomic E-state index is 0.0356. The van der Waals surface area contributed by atoms with Gasteiger partial charge in [0, 0.05) is 26.1 Å². The Balaban J connectivity index is 2.00. The summed E-state index contributed by atoms with van der Waals surface area (Å²) in [5.41, 5.74) is 0.910. The maximum Gasteiger partial charge on any atom is 0.248 e. The topological polar surface area (TPSA) is 49.8 Å². The molecule has 5 heteroatoms. The van der Waals surface area contributed by atoms with Crippen molar-refractivity contribution in [2.75, 3.05) is 26.8 Å². The molecular formula is C14H18FNO3. The van der Waals surface area contributed by atoms with Crippen LogP contribution in [0.1, 0.15) is 17.9 Å². The number of ether oxygens (including phenoxy) is 1. The first kappa shape index (κ1) is 14.0. The number of methoxy groups -OCH3 is 1. The minimum Gasteiger partial charge on any atom is -0.391 e. The van der Waals surface area contributed by atoms with Gasteiger partial charge in [-0.1, -0.05) is 12.1 Å². The summed E-state index contributed by atoms with van der Waals surface area (Å²) in [6, 6.07) is 6.17. The number of β-amino-alcohol motifs (C(OH)–C–C–N with tert-alkyl or cyclic N) is 1. The summed E-state index contributed by atoms with van der Waals surface area (Å²) in [6.07, 6.45) is 0.0439. The fraction of sp³-hybridized carbons (Fsp3) is 0.500. The predicted octanol–water partition coefficient (Wildman–Crippen LogP) is 1.15. The first-order chi connectivity index (χ1) is 9.11. The van der Waals surface area contributed by atoms with Crippen molar-refractivity contribution in [1.29, 1.82) is 0 Å². The summed E-state index contributed by atoms with van der Waals surface area (Å²) in [6.45, 7) is 0.916. The summed E-state index contributed by atoms with van der Waals surface area (Å²) < 4.78 is 17.7. The van der Waals surface area contributed by atoms with E-state index in [1.54, 1.807) is 17.0 Å². The van der Waals surface area contributed by atoms with Gasteiger partial charge in [0.25, 0.3) is 0 Å². The molecule has 0 radical (unpaired) electrons. The van der Waals surface area contributed by atoms with Crippen LogP contribution in [-0.4, -0.2) is 48.8 Å². The molecule has 1 aliphatic rings. The van der Waals surface area contributed by atoms with E-state index in [2.05, 4.69) is 0 Å². The third-order valence-corrected chi connectivity index (χ3v) is 3.50. The van der Waals surface area contributed by atoms with Crippen LogP contribution >= 0.6 is 0 Å². The average molecular weight is 267 g/mol. The lowest BCUT2D eigenvalue weighted by molar-refractivity contribution is -0.138. The second-order valence-corrected chi connectivity index (χ2v) is 4.79. The smallest absolute Gasteiger partial charge is 0.248 e. The number of carbonyl (C=O) groups excluding carboxylic acids is 1. The van der Waals surface area contributed by atoms with E-state index in [9.17, 15) is 14.3 Å². The predicted molar refractivity (Wildman–Crippen MR) is 68.2 cm³/mol. The number of carbonyl (C=O) groups is 1. The number of hydrogen-bond acceptors (Lipinski definition) is 3. The molecule has 2 rings (SSSR count). The fourth-order valence-corrected chi connectivity index (χ4v) is 2.47. The number of aliphatic hydroxyl groups is 1. The van der Waals surface area contributed by atoms with Crippen LogP contribution in [0, 0.1) is 5.82 Å². The van der Waals surface area contributed by atoms with E-state index in [0.29, 0.717) is 19.5 Å². The van der Waals surface area contributed by atoms with Gasteiger partial charge in [0.2, 0.25) is 5.91 Å². The van der Waals surface area contributed by atoms with E-state index in [-0.39, 0.29) is 24.2 Å². The molecule has 1 aromatic rings. The van der Waals surface area contributed by atoms with Gasteiger partial charge in [0.05, 0.1) is 6.10 Å². The normalized spacial score (nSPS) is 23.4. The Morgan fingerprint density at radius 2 is 2.16 bits per heavy atom. The molecule has 1 N–H and O–H groups in total. The molecule has 1 saturated heterocycles. The van der Waals surface area contributed by atoms with Gasteiger partial charge in [-0.2, -0.15) is 0 Å². The number of amides is 1. The van der Waals surface area contributed by atoms with Crippen molar-refractivity contribution in [2.45, 2.75) is 18.4 Å². The van der Waals surface area contributed by atoms with Crippen LogP contribution in [0.15, 0.2) is 24.3 Å². The van der Waals surface area contributed by atoms with Crippen LogP contribution < -0.4 is 0 Å². The molecule has 0 bridgehead atoms. The molecule has 19 heavy (non-hydrogen) atoms. The van der Waals surface area contributed by atoms with Gasteiger partial charge in [0.1, 0.15) is 12.4 Å². The van der Waals surface area contributed by atoms with Crippen LogP contribution in [0.3, 0.4) is 0 Å². The largest absolute Gasteiger partial charge is 0.391 e. The summed E-state index contributed by atoms with van der Waals surface area (Å²) >= 11 is 0. The van der Waals surface area contributed by atoms with Crippen molar-refractivity contribution in [1.82, 2.24) is 4.90 Å². The van der Waals surface area contributed by atoms with E-state index < -0.39 is 6.10 Å². The second kappa shape index (κ2) is 6.12. The number of rotatable bonds is 3. The molecular weight excluding hydrogens is 249 g/mol. The Kier molecular flexibility index (Phi) is 4.50. The van der Waals surface area contributed by atoms with E-state index in [1.165, 1.54) is 19.2 Å². The zero-order chi connectivity index (χ0) is 13.8. The van der Waals surface area contributed by atoms with E-state index in [0.717, 1.165) is 5.56 Å². The van der Waals surface area contributed by atoms with Crippen LogP contribution in [0.2, 0.25) is 0 Å². The van der Waals surface area contributed by atoms with Gasteiger partial charge in [-0.3, -0.25) is 4.79 Å². The molecule has 0 spiro atoms. The highest BCUT2D eigenvalue weighted by Crippen LogP contribution is 2.28. The molecule has 0 unspecified atom stereocenters. The summed E-state index contributed by atoms with van der Waals surface area (Å²) in [4.78, 5) is 13.3. The van der Waals surface area contributed by atoms with Crippen molar-refractivity contribution in [3.05, 3.63) is 35.6 Å². The monoisotopic (exact) mass is 267 g/mol. The number of likely N-dealkylation sites (tertiary alicyclic amines) is 1. The molecule has 1 amide bonds. The fourth-order valence-electron chi connectivity index (χ4n) is 2.47. The van der Waals surface area contributed by atoms with Crippen molar-refractivity contribution < 1.29 is 19.0 Å².